The largest absolute Gasteiger partial charge is 0.381 e. The first-order chi connectivity index (χ1) is 6.63. The van der Waals surface area contributed by atoms with Gasteiger partial charge in [0.05, 0.1) is 0 Å². The normalized spacial score (nSPS) is 9.93. The molecule has 0 atom stereocenters. The molecule has 0 radical (unpaired) electrons. The molecule has 0 fully saturated rings. The maximum atomic E-state index is 12.9. The number of hydrogen-bond acceptors (Lipinski definition) is 1. The number of halogens is 1. The van der Waals surface area contributed by atoms with Crippen LogP contribution in [0.5, 0.6) is 0 Å². The lowest BCUT2D eigenvalue weighted by atomic mass is 10.2. The summed E-state index contributed by atoms with van der Waals surface area (Å²) in [6.45, 7) is 8.47. The SMILES string of the molecule is C=C(CC)CNc1ccc(F)c(C)c1. The molecule has 0 aromatic heterocycles. The summed E-state index contributed by atoms with van der Waals surface area (Å²) in [5.41, 5.74) is 2.75. The number of benzene rings is 1. The van der Waals surface area contributed by atoms with Crippen LogP contribution < -0.4 is 5.32 Å². The fourth-order valence-corrected chi connectivity index (χ4v) is 1.11. The molecule has 76 valence electrons. The minimum absolute atomic E-state index is 0.162. The Morgan fingerprint density at radius 1 is 1.50 bits per heavy atom. The number of aryl methyl sites for hydroxylation is 1. The van der Waals surface area contributed by atoms with Gasteiger partial charge < -0.3 is 5.32 Å². The Bertz CT molecular complexity index is 331. The average Bonchev–Trinajstić information content (AvgIpc) is 2.19. The summed E-state index contributed by atoms with van der Waals surface area (Å²) in [7, 11) is 0. The van der Waals surface area contributed by atoms with Gasteiger partial charge in [-0.25, -0.2) is 4.39 Å². The highest BCUT2D eigenvalue weighted by Crippen LogP contribution is 2.14. The topological polar surface area (TPSA) is 12.0 Å². The average molecular weight is 193 g/mol. The van der Waals surface area contributed by atoms with E-state index in [2.05, 4.69) is 18.8 Å². The van der Waals surface area contributed by atoms with Crippen LogP contribution in [0.25, 0.3) is 0 Å². The van der Waals surface area contributed by atoms with Gasteiger partial charge in [-0.1, -0.05) is 19.1 Å². The standard InChI is InChI=1S/C12H16FN/c1-4-9(2)8-14-11-5-6-12(13)10(3)7-11/h5-7,14H,2,4,8H2,1,3H3. The van der Waals surface area contributed by atoms with E-state index in [-0.39, 0.29) is 5.82 Å². The van der Waals surface area contributed by atoms with Crippen LogP contribution in [-0.2, 0) is 0 Å². The summed E-state index contributed by atoms with van der Waals surface area (Å²) in [5, 5.41) is 3.20. The molecular formula is C12H16FN. The van der Waals surface area contributed by atoms with Crippen molar-refractivity contribution in [2.45, 2.75) is 20.3 Å². The molecule has 0 aliphatic heterocycles. The van der Waals surface area contributed by atoms with E-state index >= 15 is 0 Å². The zero-order valence-corrected chi connectivity index (χ0v) is 8.73. The summed E-state index contributed by atoms with van der Waals surface area (Å²) in [6, 6.07) is 5.02. The van der Waals surface area contributed by atoms with Gasteiger partial charge in [0.2, 0.25) is 0 Å². The Kier molecular flexibility index (Phi) is 3.69. The maximum absolute atomic E-state index is 12.9. The number of rotatable bonds is 4. The van der Waals surface area contributed by atoms with Gasteiger partial charge >= 0.3 is 0 Å². The van der Waals surface area contributed by atoms with Crippen LogP contribution in [0.1, 0.15) is 18.9 Å². The van der Waals surface area contributed by atoms with Gasteiger partial charge in [0.15, 0.2) is 0 Å². The van der Waals surface area contributed by atoms with Crippen molar-refractivity contribution in [3.63, 3.8) is 0 Å². The molecule has 1 aromatic carbocycles. The van der Waals surface area contributed by atoms with Crippen molar-refractivity contribution in [2.75, 3.05) is 11.9 Å². The van der Waals surface area contributed by atoms with E-state index in [9.17, 15) is 4.39 Å². The molecule has 0 unspecified atom stereocenters. The van der Waals surface area contributed by atoms with E-state index in [0.29, 0.717) is 5.56 Å². The van der Waals surface area contributed by atoms with Crippen LogP contribution in [0.3, 0.4) is 0 Å². The molecule has 0 bridgehead atoms. The fourth-order valence-electron chi connectivity index (χ4n) is 1.11. The summed E-state index contributed by atoms with van der Waals surface area (Å²) < 4.78 is 12.9. The molecule has 0 aliphatic rings. The lowest BCUT2D eigenvalue weighted by molar-refractivity contribution is 0.619. The maximum Gasteiger partial charge on any atom is 0.126 e. The second-order valence-corrected chi connectivity index (χ2v) is 3.42. The Balaban J connectivity index is 2.60. The first-order valence-electron chi connectivity index (χ1n) is 4.80. The predicted octanol–water partition coefficient (Wildman–Crippen LogP) is 3.51. The molecule has 0 spiro atoms. The van der Waals surface area contributed by atoms with Crippen LogP contribution in [0.2, 0.25) is 0 Å². The summed E-state index contributed by atoms with van der Waals surface area (Å²) in [4.78, 5) is 0. The lowest BCUT2D eigenvalue weighted by Crippen LogP contribution is -2.03. The Morgan fingerprint density at radius 3 is 2.79 bits per heavy atom. The van der Waals surface area contributed by atoms with Crippen molar-refractivity contribution in [3.05, 3.63) is 41.7 Å². The molecular weight excluding hydrogens is 177 g/mol. The lowest BCUT2D eigenvalue weighted by Gasteiger charge is -2.08. The second kappa shape index (κ2) is 4.80. The highest BCUT2D eigenvalue weighted by Gasteiger charge is 1.98. The van der Waals surface area contributed by atoms with E-state index < -0.39 is 0 Å². The quantitative estimate of drug-likeness (QED) is 0.721. The van der Waals surface area contributed by atoms with Gasteiger partial charge in [-0.3, -0.25) is 0 Å². The third-order valence-corrected chi connectivity index (χ3v) is 2.20. The molecule has 1 nitrogen and oxygen atoms in total. The van der Waals surface area contributed by atoms with E-state index in [0.717, 1.165) is 24.2 Å². The smallest absolute Gasteiger partial charge is 0.126 e. The molecule has 1 aromatic rings. The molecule has 2 heteroatoms. The van der Waals surface area contributed by atoms with Crippen molar-refractivity contribution in [2.24, 2.45) is 0 Å². The molecule has 14 heavy (non-hydrogen) atoms. The fraction of sp³-hybridized carbons (Fsp3) is 0.333. The van der Waals surface area contributed by atoms with Gasteiger partial charge in [-0.05, 0) is 37.1 Å². The highest BCUT2D eigenvalue weighted by molar-refractivity contribution is 5.46. The van der Waals surface area contributed by atoms with Crippen molar-refractivity contribution < 1.29 is 4.39 Å². The zero-order chi connectivity index (χ0) is 10.6. The van der Waals surface area contributed by atoms with Gasteiger partial charge in [-0.15, -0.1) is 0 Å². The van der Waals surface area contributed by atoms with Crippen molar-refractivity contribution in [1.29, 1.82) is 0 Å². The molecule has 1 N–H and O–H groups in total. The van der Waals surface area contributed by atoms with Crippen LogP contribution in [0.4, 0.5) is 10.1 Å². The molecule has 0 amide bonds. The Morgan fingerprint density at radius 2 is 2.21 bits per heavy atom. The van der Waals surface area contributed by atoms with Crippen molar-refractivity contribution >= 4 is 5.69 Å². The number of nitrogens with one attached hydrogen (secondary N) is 1. The van der Waals surface area contributed by atoms with E-state index in [1.54, 1.807) is 19.1 Å². The first-order valence-corrected chi connectivity index (χ1v) is 4.80. The molecule has 0 saturated heterocycles. The third kappa shape index (κ3) is 2.87. The van der Waals surface area contributed by atoms with Crippen molar-refractivity contribution in [3.8, 4) is 0 Å². The van der Waals surface area contributed by atoms with Gasteiger partial charge in [0.1, 0.15) is 5.82 Å². The minimum Gasteiger partial charge on any atom is -0.381 e. The number of anilines is 1. The first kappa shape index (κ1) is 10.8. The van der Waals surface area contributed by atoms with E-state index in [1.165, 1.54) is 6.07 Å². The van der Waals surface area contributed by atoms with Crippen molar-refractivity contribution in [1.82, 2.24) is 0 Å². The second-order valence-electron chi connectivity index (χ2n) is 3.42. The Labute approximate surface area is 84.6 Å². The number of hydrogen-bond donors (Lipinski definition) is 1. The summed E-state index contributed by atoms with van der Waals surface area (Å²) >= 11 is 0. The zero-order valence-electron chi connectivity index (χ0n) is 8.73. The van der Waals surface area contributed by atoms with Gasteiger partial charge in [-0.2, -0.15) is 0 Å². The highest BCUT2D eigenvalue weighted by atomic mass is 19.1. The van der Waals surface area contributed by atoms with Crippen LogP contribution >= 0.6 is 0 Å². The van der Waals surface area contributed by atoms with Gasteiger partial charge in [0.25, 0.3) is 0 Å². The molecule has 1 rings (SSSR count). The predicted molar refractivity (Wildman–Crippen MR) is 59.1 cm³/mol. The van der Waals surface area contributed by atoms with Crippen LogP contribution in [0, 0.1) is 12.7 Å². The van der Waals surface area contributed by atoms with Gasteiger partial charge in [0, 0.05) is 12.2 Å². The van der Waals surface area contributed by atoms with E-state index in [4.69, 9.17) is 0 Å². The Hall–Kier alpha value is -1.31. The summed E-state index contributed by atoms with van der Waals surface area (Å²) in [5.74, 6) is -0.162. The molecule has 0 heterocycles. The monoisotopic (exact) mass is 193 g/mol. The molecule has 0 aliphatic carbocycles. The third-order valence-electron chi connectivity index (χ3n) is 2.20. The van der Waals surface area contributed by atoms with Crippen LogP contribution in [0.15, 0.2) is 30.4 Å². The minimum atomic E-state index is -0.162. The van der Waals surface area contributed by atoms with E-state index in [1.807, 2.05) is 0 Å². The molecule has 0 saturated carbocycles. The summed E-state index contributed by atoms with van der Waals surface area (Å²) in [6.07, 6.45) is 0.965. The van der Waals surface area contributed by atoms with Crippen LogP contribution in [-0.4, -0.2) is 6.54 Å².